The third-order valence-corrected chi connectivity index (χ3v) is 7.91. The second-order valence-electron chi connectivity index (χ2n) is 11.0. The van der Waals surface area contributed by atoms with Crippen LogP contribution in [0, 0.1) is 11.8 Å². The van der Waals surface area contributed by atoms with Crippen LogP contribution in [0.15, 0.2) is 65.9 Å². The van der Waals surface area contributed by atoms with E-state index in [1.807, 2.05) is 12.1 Å². The molecule has 0 amide bonds. The number of hydrogen-bond donors (Lipinski definition) is 1. The number of ether oxygens (including phenoxy) is 1. The van der Waals surface area contributed by atoms with Gasteiger partial charge in [0, 0.05) is 5.69 Å². The van der Waals surface area contributed by atoms with Gasteiger partial charge in [-0.3, -0.25) is 0 Å². The maximum Gasteiger partial charge on any atom is 0.345 e. The van der Waals surface area contributed by atoms with Crippen LogP contribution in [0.4, 0.5) is 11.4 Å². The van der Waals surface area contributed by atoms with Gasteiger partial charge in [-0.1, -0.05) is 77.6 Å². The highest BCUT2D eigenvalue weighted by Crippen LogP contribution is 2.21. The summed E-state index contributed by atoms with van der Waals surface area (Å²) in [5.41, 5.74) is 10.0. The summed E-state index contributed by atoms with van der Waals surface area (Å²) < 4.78 is 10.8. The number of unbranched alkanes of at least 4 members (excludes halogenated alkanes) is 2. The highest BCUT2D eigenvalue weighted by Gasteiger charge is 2.27. The third kappa shape index (κ3) is 9.26. The van der Waals surface area contributed by atoms with Gasteiger partial charge in [0.25, 0.3) is 0 Å². The quantitative estimate of drug-likeness (QED) is 0.0878. The fourth-order valence-corrected chi connectivity index (χ4v) is 5.26. The first-order valence-corrected chi connectivity index (χ1v) is 15.2. The second kappa shape index (κ2) is 16.1. The van der Waals surface area contributed by atoms with E-state index in [-0.39, 0.29) is 0 Å². The monoisotopic (exact) mass is 531 g/mol. The summed E-state index contributed by atoms with van der Waals surface area (Å²) >= 11 is 0. The predicted octanol–water partition coefficient (Wildman–Crippen LogP) is 8.11. The van der Waals surface area contributed by atoms with Gasteiger partial charge in [0.1, 0.15) is 12.4 Å². The topological polar surface area (TPSA) is 56.4 Å². The number of methoxy groups -OCH3 is 1. The molecule has 1 heterocycles. The third-order valence-electron chi connectivity index (χ3n) is 7.91. The Hall–Kier alpha value is -3.08. The van der Waals surface area contributed by atoms with E-state index in [4.69, 9.17) is 15.5 Å². The van der Waals surface area contributed by atoms with Gasteiger partial charge < -0.3 is 10.5 Å². The number of nitrogens with two attached hydrogens (primary N) is 1. The normalized spacial score (nSPS) is 13.4. The number of anilines is 1. The van der Waals surface area contributed by atoms with Crippen LogP contribution in [0.3, 0.4) is 0 Å². The number of aliphatic imine (C=N–C) groups is 1. The van der Waals surface area contributed by atoms with Crippen molar-refractivity contribution in [1.29, 1.82) is 0 Å². The number of imidazole rings is 1. The molecule has 5 nitrogen and oxygen atoms in total. The van der Waals surface area contributed by atoms with Crippen LogP contribution in [0.2, 0.25) is 0 Å². The smallest absolute Gasteiger partial charge is 0.345 e. The first-order valence-electron chi connectivity index (χ1n) is 15.2. The molecule has 0 fully saturated rings. The summed E-state index contributed by atoms with van der Waals surface area (Å²) in [4.78, 5) is 5.03. The summed E-state index contributed by atoms with van der Waals surface area (Å²) in [6.07, 6.45) is 15.3. The van der Waals surface area contributed by atoms with E-state index in [2.05, 4.69) is 85.6 Å². The molecule has 3 rings (SSSR count). The predicted molar refractivity (Wildman–Crippen MR) is 165 cm³/mol. The minimum absolute atomic E-state index is 0.650. The molecule has 0 saturated heterocycles. The van der Waals surface area contributed by atoms with Gasteiger partial charge in [-0.05, 0) is 79.3 Å². The van der Waals surface area contributed by atoms with Crippen molar-refractivity contribution in [1.82, 2.24) is 4.57 Å². The standard InChI is InChI=1S/C34H51N4O/c1-6-10-12-27(8-3)25-37-22-23-38(26-28(9-4)13-11-7-2)34(37)33(39-5)36-32-20-16-30(17-21-32)24-29-14-18-31(35)19-15-29/h14-23,27-28H,6-13,24-26,35H2,1-5H3/q+1. The molecule has 0 saturated carbocycles. The molecule has 5 heteroatoms. The zero-order valence-electron chi connectivity index (χ0n) is 25.0. The second-order valence-corrected chi connectivity index (χ2v) is 11.0. The lowest BCUT2D eigenvalue weighted by Gasteiger charge is -2.16. The van der Waals surface area contributed by atoms with E-state index in [0.29, 0.717) is 17.7 Å². The molecule has 3 aromatic rings. The van der Waals surface area contributed by atoms with Crippen LogP contribution in [-0.4, -0.2) is 17.6 Å². The van der Waals surface area contributed by atoms with Gasteiger partial charge in [0.05, 0.1) is 25.9 Å². The SMILES string of the molecule is CCCCC(CC)Cn1cc[n+](CC(CC)CCCC)c1C(=Nc1ccc(Cc2ccc(N)cc2)cc1)OC. The molecule has 2 atom stereocenters. The van der Waals surface area contributed by atoms with E-state index in [9.17, 15) is 0 Å². The van der Waals surface area contributed by atoms with Crippen molar-refractivity contribution in [3.05, 3.63) is 77.9 Å². The fraction of sp³-hybridized carbons (Fsp3) is 0.529. The minimum atomic E-state index is 0.650. The molecule has 212 valence electrons. The van der Waals surface area contributed by atoms with E-state index >= 15 is 0 Å². The Balaban J connectivity index is 1.90. The summed E-state index contributed by atoms with van der Waals surface area (Å²) in [7, 11) is 1.75. The summed E-state index contributed by atoms with van der Waals surface area (Å²) in [6.45, 7) is 11.2. The van der Waals surface area contributed by atoms with Gasteiger partial charge in [0.2, 0.25) is 0 Å². The lowest BCUT2D eigenvalue weighted by atomic mass is 9.99. The summed E-state index contributed by atoms with van der Waals surface area (Å²) in [5, 5.41) is 0. The van der Waals surface area contributed by atoms with Crippen molar-refractivity contribution in [3.63, 3.8) is 0 Å². The van der Waals surface area contributed by atoms with Crippen LogP contribution in [0.25, 0.3) is 0 Å². The van der Waals surface area contributed by atoms with Gasteiger partial charge >= 0.3 is 11.7 Å². The maximum absolute atomic E-state index is 6.01. The largest absolute Gasteiger partial charge is 0.475 e. The highest BCUT2D eigenvalue weighted by molar-refractivity contribution is 5.91. The Kier molecular flexibility index (Phi) is 12.6. The van der Waals surface area contributed by atoms with Crippen LogP contribution >= 0.6 is 0 Å². The Labute approximate surface area is 237 Å². The van der Waals surface area contributed by atoms with Crippen molar-refractivity contribution >= 4 is 17.3 Å². The Bertz CT molecular complexity index is 1100. The first-order chi connectivity index (χ1) is 19.0. The van der Waals surface area contributed by atoms with Crippen LogP contribution in [0.5, 0.6) is 0 Å². The molecule has 0 bridgehead atoms. The van der Waals surface area contributed by atoms with Crippen molar-refractivity contribution in [2.75, 3.05) is 12.8 Å². The van der Waals surface area contributed by atoms with Crippen molar-refractivity contribution in [3.8, 4) is 0 Å². The first kappa shape index (κ1) is 30.5. The minimum Gasteiger partial charge on any atom is -0.475 e. The zero-order chi connectivity index (χ0) is 28.0. The molecule has 0 aliphatic carbocycles. The van der Waals surface area contributed by atoms with Crippen LogP contribution < -0.4 is 10.3 Å². The molecular weight excluding hydrogens is 480 g/mol. The lowest BCUT2D eigenvalue weighted by Crippen LogP contribution is -2.43. The fourth-order valence-electron chi connectivity index (χ4n) is 5.26. The molecule has 0 aliphatic heterocycles. The number of hydrogen-bond acceptors (Lipinski definition) is 3. The van der Waals surface area contributed by atoms with Gasteiger partial charge in [-0.15, -0.1) is 0 Å². The number of nitrogens with zero attached hydrogens (tertiary/aromatic N) is 3. The van der Waals surface area contributed by atoms with Crippen molar-refractivity contribution in [2.45, 2.75) is 98.6 Å². The molecule has 0 spiro atoms. The number of rotatable bonds is 16. The Morgan fingerprint density at radius 3 is 2.03 bits per heavy atom. The van der Waals surface area contributed by atoms with Crippen molar-refractivity contribution in [2.24, 2.45) is 16.8 Å². The average Bonchev–Trinajstić information content (AvgIpc) is 3.35. The number of nitrogen functional groups attached to an aromatic ring is 1. The molecule has 2 unspecified atom stereocenters. The van der Waals surface area contributed by atoms with Crippen LogP contribution in [0.1, 0.15) is 96.0 Å². The summed E-state index contributed by atoms with van der Waals surface area (Å²) in [5.74, 6) is 3.06. The van der Waals surface area contributed by atoms with Gasteiger partial charge in [-0.25, -0.2) is 14.1 Å². The lowest BCUT2D eigenvalue weighted by molar-refractivity contribution is -0.704. The molecule has 2 aromatic carbocycles. The van der Waals surface area contributed by atoms with E-state index in [0.717, 1.165) is 36.7 Å². The molecular formula is C34H51N4O+. The molecule has 0 aliphatic rings. The molecule has 1 aromatic heterocycles. The average molecular weight is 532 g/mol. The van der Waals surface area contributed by atoms with Gasteiger partial charge in [-0.2, -0.15) is 0 Å². The molecule has 2 N–H and O–H groups in total. The zero-order valence-corrected chi connectivity index (χ0v) is 25.0. The highest BCUT2D eigenvalue weighted by atomic mass is 16.5. The molecule has 0 radical (unpaired) electrons. The van der Waals surface area contributed by atoms with E-state index in [1.165, 1.54) is 62.5 Å². The van der Waals surface area contributed by atoms with Crippen molar-refractivity contribution < 1.29 is 9.30 Å². The van der Waals surface area contributed by atoms with Gasteiger partial charge in [0.15, 0.2) is 0 Å². The molecule has 39 heavy (non-hydrogen) atoms. The maximum atomic E-state index is 6.01. The Morgan fingerprint density at radius 2 is 1.46 bits per heavy atom. The van der Waals surface area contributed by atoms with E-state index in [1.54, 1.807) is 7.11 Å². The number of aromatic nitrogens is 2. The van der Waals surface area contributed by atoms with Crippen LogP contribution in [-0.2, 0) is 24.2 Å². The van der Waals surface area contributed by atoms with E-state index < -0.39 is 0 Å². The Morgan fingerprint density at radius 1 is 0.872 bits per heavy atom. The number of benzene rings is 2. The summed E-state index contributed by atoms with van der Waals surface area (Å²) in [6, 6.07) is 16.6.